The van der Waals surface area contributed by atoms with Gasteiger partial charge in [0.1, 0.15) is 5.82 Å². The van der Waals surface area contributed by atoms with Crippen molar-refractivity contribution in [3.05, 3.63) is 82.0 Å². The Bertz CT molecular complexity index is 1800. The van der Waals surface area contributed by atoms with Crippen LogP contribution in [0.25, 0.3) is 11.1 Å². The first-order valence-electron chi connectivity index (χ1n) is 13.3. The van der Waals surface area contributed by atoms with E-state index in [0.29, 0.717) is 41.5 Å². The number of aromatic nitrogens is 4. The van der Waals surface area contributed by atoms with E-state index in [1.165, 1.54) is 49.2 Å². The van der Waals surface area contributed by atoms with Crippen molar-refractivity contribution in [1.82, 2.24) is 19.5 Å². The molecule has 0 aliphatic rings. The zero-order valence-corrected chi connectivity index (χ0v) is 24.6. The second-order valence-electron chi connectivity index (χ2n) is 9.43. The molecule has 2 aromatic carbocycles. The van der Waals surface area contributed by atoms with Crippen LogP contribution in [0.3, 0.4) is 0 Å². The van der Waals surface area contributed by atoms with Gasteiger partial charge in [0.25, 0.3) is 5.56 Å². The number of nitriles is 1. The number of methoxy groups -OCH3 is 2. The van der Waals surface area contributed by atoms with E-state index in [2.05, 4.69) is 21.0 Å². The maximum Gasteiger partial charge on any atom is 0.319 e. The van der Waals surface area contributed by atoms with Crippen molar-refractivity contribution in [2.45, 2.75) is 55.4 Å². The van der Waals surface area contributed by atoms with E-state index in [9.17, 15) is 23.6 Å². The number of sulfone groups is 1. The second-order valence-corrected chi connectivity index (χ2v) is 11.3. The minimum Gasteiger partial charge on any atom is -0.492 e. The van der Waals surface area contributed by atoms with Crippen LogP contribution in [0.15, 0.2) is 69.3 Å². The number of aryl methyl sites for hydroxylation is 1. The van der Waals surface area contributed by atoms with E-state index >= 15 is 0 Å². The molecule has 0 aliphatic heterocycles. The summed E-state index contributed by atoms with van der Waals surface area (Å²) >= 11 is 0. The molecule has 4 rings (SSSR count). The first kappa shape index (κ1) is 30.2. The van der Waals surface area contributed by atoms with E-state index in [1.807, 2.05) is 13.8 Å². The summed E-state index contributed by atoms with van der Waals surface area (Å²) in [5.74, 6) is -0.345. The van der Waals surface area contributed by atoms with Gasteiger partial charge in [-0.1, -0.05) is 44.5 Å². The van der Waals surface area contributed by atoms with Gasteiger partial charge in [-0.15, -0.1) is 0 Å². The normalized spacial score (nSPS) is 12.0. The van der Waals surface area contributed by atoms with Gasteiger partial charge < -0.3 is 14.6 Å². The molecule has 0 bridgehead atoms. The lowest BCUT2D eigenvalue weighted by Gasteiger charge is -2.23. The van der Waals surface area contributed by atoms with Gasteiger partial charge in [0.2, 0.25) is 21.6 Å². The van der Waals surface area contributed by atoms with E-state index in [0.717, 1.165) is 6.42 Å². The molecule has 0 spiro atoms. The smallest absolute Gasteiger partial charge is 0.319 e. The lowest BCUT2D eigenvalue weighted by molar-refractivity contribution is 0.353. The van der Waals surface area contributed by atoms with Crippen molar-refractivity contribution in [3.63, 3.8) is 0 Å². The number of unbranched alkanes of at least 4 members (excludes halogenated alkanes) is 1. The molecule has 1 atom stereocenters. The maximum absolute atomic E-state index is 14.0. The van der Waals surface area contributed by atoms with Crippen molar-refractivity contribution >= 4 is 9.84 Å². The Balaban J connectivity index is 1.85. The molecule has 0 amide bonds. The van der Waals surface area contributed by atoms with Crippen LogP contribution in [0, 0.1) is 11.3 Å². The Morgan fingerprint density at radius 3 is 2.43 bits per heavy atom. The quantitative estimate of drug-likeness (QED) is 0.265. The van der Waals surface area contributed by atoms with E-state index in [4.69, 9.17) is 9.47 Å². The number of ether oxygens (including phenoxy) is 2. The number of hydrogen-bond donors (Lipinski definition) is 1. The largest absolute Gasteiger partial charge is 0.492 e. The third-order valence-corrected chi connectivity index (χ3v) is 8.62. The molecule has 1 N–H and O–H groups in total. The zero-order valence-electron chi connectivity index (χ0n) is 23.7. The van der Waals surface area contributed by atoms with Crippen LogP contribution in [-0.4, -0.2) is 47.3 Å². The summed E-state index contributed by atoms with van der Waals surface area (Å²) in [5.41, 5.74) is 1.25. The fraction of sp³-hybridized carbons (Fsp3) is 0.300. The summed E-state index contributed by atoms with van der Waals surface area (Å²) in [7, 11) is -1.64. The van der Waals surface area contributed by atoms with Crippen LogP contribution in [0.5, 0.6) is 17.8 Å². The Labute approximate surface area is 244 Å². The van der Waals surface area contributed by atoms with Gasteiger partial charge in [0, 0.05) is 12.6 Å². The molecule has 0 radical (unpaired) electrons. The highest BCUT2D eigenvalue weighted by molar-refractivity contribution is 7.91. The van der Waals surface area contributed by atoms with Crippen molar-refractivity contribution in [3.8, 4) is 35.0 Å². The summed E-state index contributed by atoms with van der Waals surface area (Å²) < 4.78 is 39.4. The first-order valence-corrected chi connectivity index (χ1v) is 14.8. The van der Waals surface area contributed by atoms with Gasteiger partial charge in [-0.2, -0.15) is 15.2 Å². The Morgan fingerprint density at radius 2 is 1.81 bits per heavy atom. The monoisotopic (exact) mass is 589 g/mol. The molecule has 11 nitrogen and oxygen atoms in total. The Hall–Kier alpha value is -4.76. The second kappa shape index (κ2) is 12.8. The van der Waals surface area contributed by atoms with E-state index in [1.54, 1.807) is 24.3 Å². The molecule has 12 heteroatoms. The van der Waals surface area contributed by atoms with Gasteiger partial charge in [-0.3, -0.25) is 9.36 Å². The predicted molar refractivity (Wildman–Crippen MR) is 154 cm³/mol. The van der Waals surface area contributed by atoms with E-state index < -0.39 is 32.2 Å². The topological polar surface area (TPSA) is 157 Å². The molecule has 2 aromatic heterocycles. The number of rotatable bonds is 11. The van der Waals surface area contributed by atoms with Crippen LogP contribution in [-0.2, 0) is 16.3 Å². The maximum atomic E-state index is 14.0. The highest BCUT2D eigenvalue weighted by atomic mass is 32.2. The standard InChI is InChI=1S/C30H31N5O6S/c1-5-7-11-25-33-27(36)26(29(37)35(25)24(6-2)21-10-8-9-19(16-21)17-31)42(38,39)22-14-12-20(13-15-22)23-18-32-30(41-4)34-28(23)40-3/h8-10,12-16,18,24,36H,5-7,11H2,1-4H3. The van der Waals surface area contributed by atoms with Crippen LogP contribution >= 0.6 is 0 Å². The molecule has 1 unspecified atom stereocenters. The summed E-state index contributed by atoms with van der Waals surface area (Å²) in [6.07, 6.45) is 3.74. The number of aromatic hydroxyl groups is 1. The summed E-state index contributed by atoms with van der Waals surface area (Å²) in [6.45, 7) is 3.84. The van der Waals surface area contributed by atoms with Crippen molar-refractivity contribution in [2.75, 3.05) is 14.2 Å². The minimum atomic E-state index is -4.50. The van der Waals surface area contributed by atoms with Gasteiger partial charge in [-0.05, 0) is 48.2 Å². The number of hydrogen-bond acceptors (Lipinski definition) is 10. The molecule has 4 aromatic rings. The van der Waals surface area contributed by atoms with E-state index in [-0.39, 0.29) is 22.6 Å². The third kappa shape index (κ3) is 5.82. The Morgan fingerprint density at radius 1 is 1.07 bits per heavy atom. The molecule has 0 fully saturated rings. The SMILES string of the molecule is CCCCc1nc(O)c(S(=O)(=O)c2ccc(-c3cnc(OC)nc3OC)cc2)c(=O)n1C(CC)c1cccc(C#N)c1. The van der Waals surface area contributed by atoms with Gasteiger partial charge in [-0.25, -0.2) is 13.4 Å². The highest BCUT2D eigenvalue weighted by Crippen LogP contribution is 2.32. The number of nitrogens with zero attached hydrogens (tertiary/aromatic N) is 5. The fourth-order valence-corrected chi connectivity index (χ4v) is 6.08. The molecule has 0 saturated carbocycles. The molecular weight excluding hydrogens is 558 g/mol. The summed E-state index contributed by atoms with van der Waals surface area (Å²) in [4.78, 5) is 25.5. The van der Waals surface area contributed by atoms with Crippen LogP contribution in [0.2, 0.25) is 0 Å². The van der Waals surface area contributed by atoms with Crippen molar-refractivity contribution in [1.29, 1.82) is 5.26 Å². The van der Waals surface area contributed by atoms with Crippen molar-refractivity contribution in [2.24, 2.45) is 0 Å². The molecule has 42 heavy (non-hydrogen) atoms. The highest BCUT2D eigenvalue weighted by Gasteiger charge is 2.31. The van der Waals surface area contributed by atoms with Crippen LogP contribution in [0.4, 0.5) is 0 Å². The molecular formula is C30H31N5O6S. The van der Waals surface area contributed by atoms with Gasteiger partial charge in [0.05, 0.1) is 42.4 Å². The summed E-state index contributed by atoms with van der Waals surface area (Å²) in [6, 6.07) is 14.1. The third-order valence-electron chi connectivity index (χ3n) is 6.83. The summed E-state index contributed by atoms with van der Waals surface area (Å²) in [5, 5.41) is 20.3. The van der Waals surface area contributed by atoms with Crippen LogP contribution in [0.1, 0.15) is 56.1 Å². The first-order chi connectivity index (χ1) is 20.2. The van der Waals surface area contributed by atoms with Crippen molar-refractivity contribution < 1.29 is 23.0 Å². The lowest BCUT2D eigenvalue weighted by Crippen LogP contribution is -2.33. The zero-order chi connectivity index (χ0) is 30.4. The number of benzene rings is 2. The van der Waals surface area contributed by atoms with Gasteiger partial charge >= 0.3 is 6.01 Å². The predicted octanol–water partition coefficient (Wildman–Crippen LogP) is 4.47. The van der Waals surface area contributed by atoms with Crippen LogP contribution < -0.4 is 15.0 Å². The minimum absolute atomic E-state index is 0.112. The molecule has 0 saturated heterocycles. The van der Waals surface area contributed by atoms with Gasteiger partial charge in [0.15, 0.2) is 4.90 Å². The average Bonchev–Trinajstić information content (AvgIpc) is 3.01. The lowest BCUT2D eigenvalue weighted by atomic mass is 10.0. The molecule has 2 heterocycles. The molecule has 0 aliphatic carbocycles. The fourth-order valence-electron chi connectivity index (χ4n) is 4.73. The Kier molecular flexibility index (Phi) is 9.22. The average molecular weight is 590 g/mol. The molecule has 218 valence electrons.